The van der Waals surface area contributed by atoms with Crippen LogP contribution in [0.1, 0.15) is 0 Å². The van der Waals surface area contributed by atoms with Gasteiger partial charge in [0.05, 0.1) is 13.2 Å². The fourth-order valence-electron chi connectivity index (χ4n) is 2.94. The van der Waals surface area contributed by atoms with E-state index in [1.165, 1.54) is 12.1 Å². The van der Waals surface area contributed by atoms with E-state index in [1.54, 1.807) is 12.1 Å². The Bertz CT molecular complexity index is 526. The number of morpholine rings is 1. The Morgan fingerprint density at radius 3 is 2.29 bits per heavy atom. The molecule has 2 saturated heterocycles. The third-order valence-corrected chi connectivity index (χ3v) is 4.41. The minimum absolute atomic E-state index is 0.125. The summed E-state index contributed by atoms with van der Waals surface area (Å²) in [6, 6.07) is 6.18. The first-order valence-electron chi connectivity index (χ1n) is 8.45. The molecule has 2 fully saturated rings. The van der Waals surface area contributed by atoms with E-state index < -0.39 is 0 Å². The highest BCUT2D eigenvalue weighted by Crippen LogP contribution is 2.12. The van der Waals surface area contributed by atoms with Gasteiger partial charge in [-0.15, -0.1) is 0 Å². The predicted molar refractivity (Wildman–Crippen MR) is 87.7 cm³/mol. The van der Waals surface area contributed by atoms with Gasteiger partial charge in [0.1, 0.15) is 18.2 Å². The highest BCUT2D eigenvalue weighted by Gasteiger charge is 2.26. The van der Waals surface area contributed by atoms with Crippen LogP contribution < -0.4 is 4.74 Å². The van der Waals surface area contributed by atoms with Gasteiger partial charge in [0.15, 0.2) is 0 Å². The molecule has 1 aromatic carbocycles. The lowest BCUT2D eigenvalue weighted by molar-refractivity contribution is 0.0370. The largest absolute Gasteiger partial charge is 0.492 e. The second kappa shape index (κ2) is 8.30. The Hall–Kier alpha value is -1.86. The zero-order valence-electron chi connectivity index (χ0n) is 13.8. The van der Waals surface area contributed by atoms with E-state index in [-0.39, 0.29) is 11.8 Å². The molecule has 2 heterocycles. The normalized spacial score (nSPS) is 19.4. The van der Waals surface area contributed by atoms with Crippen molar-refractivity contribution in [2.24, 2.45) is 0 Å². The number of piperazine rings is 1. The number of halogens is 1. The molecule has 3 rings (SSSR count). The van der Waals surface area contributed by atoms with Crippen LogP contribution in [0.3, 0.4) is 0 Å². The summed E-state index contributed by atoms with van der Waals surface area (Å²) < 4.78 is 23.7. The molecule has 132 valence electrons. The van der Waals surface area contributed by atoms with Gasteiger partial charge < -0.3 is 19.3 Å². The van der Waals surface area contributed by atoms with Crippen molar-refractivity contribution in [3.8, 4) is 5.75 Å². The van der Waals surface area contributed by atoms with E-state index in [1.807, 2.05) is 9.80 Å². The van der Waals surface area contributed by atoms with E-state index in [9.17, 15) is 9.18 Å². The van der Waals surface area contributed by atoms with Crippen molar-refractivity contribution in [3.63, 3.8) is 0 Å². The third-order valence-electron chi connectivity index (χ3n) is 4.41. The van der Waals surface area contributed by atoms with Crippen molar-refractivity contribution >= 4 is 6.03 Å². The third kappa shape index (κ3) is 4.58. The van der Waals surface area contributed by atoms with Crippen molar-refractivity contribution in [3.05, 3.63) is 30.1 Å². The minimum atomic E-state index is -0.261. The van der Waals surface area contributed by atoms with Crippen LogP contribution in [0, 0.1) is 5.82 Å². The lowest BCUT2D eigenvalue weighted by Gasteiger charge is -2.38. The van der Waals surface area contributed by atoms with Crippen LogP contribution >= 0.6 is 0 Å². The zero-order valence-corrected chi connectivity index (χ0v) is 13.8. The SMILES string of the molecule is O=C(N1CCOCC1)N1CCN(CCOc2ccc(F)cc2)CC1. The first-order valence-corrected chi connectivity index (χ1v) is 8.45. The van der Waals surface area contributed by atoms with E-state index >= 15 is 0 Å². The summed E-state index contributed by atoms with van der Waals surface area (Å²) in [6.07, 6.45) is 0. The number of urea groups is 1. The number of hydrogen-bond acceptors (Lipinski definition) is 4. The summed E-state index contributed by atoms with van der Waals surface area (Å²) in [7, 11) is 0. The Kier molecular flexibility index (Phi) is 5.87. The summed E-state index contributed by atoms with van der Waals surface area (Å²) in [6.45, 7) is 7.18. The Balaban J connectivity index is 1.35. The first-order chi connectivity index (χ1) is 11.7. The van der Waals surface area contributed by atoms with Crippen LogP contribution in [0.2, 0.25) is 0 Å². The first kappa shape index (κ1) is 17.0. The smallest absolute Gasteiger partial charge is 0.320 e. The maximum absolute atomic E-state index is 12.8. The van der Waals surface area contributed by atoms with Gasteiger partial charge in [0, 0.05) is 45.8 Å². The van der Waals surface area contributed by atoms with Crippen LogP contribution in [0.25, 0.3) is 0 Å². The predicted octanol–water partition coefficient (Wildman–Crippen LogP) is 1.27. The molecule has 0 spiro atoms. The van der Waals surface area contributed by atoms with Crippen molar-refractivity contribution in [1.82, 2.24) is 14.7 Å². The number of benzene rings is 1. The fraction of sp³-hybridized carbons (Fsp3) is 0.588. The quantitative estimate of drug-likeness (QED) is 0.830. The highest BCUT2D eigenvalue weighted by atomic mass is 19.1. The minimum Gasteiger partial charge on any atom is -0.492 e. The Labute approximate surface area is 141 Å². The lowest BCUT2D eigenvalue weighted by atomic mass is 10.3. The van der Waals surface area contributed by atoms with Gasteiger partial charge in [-0.05, 0) is 24.3 Å². The number of hydrogen-bond donors (Lipinski definition) is 0. The van der Waals surface area contributed by atoms with Gasteiger partial charge in [-0.25, -0.2) is 9.18 Å². The van der Waals surface area contributed by atoms with Gasteiger partial charge in [-0.1, -0.05) is 0 Å². The van der Waals surface area contributed by atoms with Crippen LogP contribution in [-0.2, 0) is 4.74 Å². The molecule has 2 amide bonds. The molecule has 2 aliphatic rings. The van der Waals surface area contributed by atoms with E-state index in [0.29, 0.717) is 38.7 Å². The van der Waals surface area contributed by atoms with Crippen molar-refractivity contribution in [2.75, 3.05) is 65.6 Å². The summed E-state index contributed by atoms with van der Waals surface area (Å²) >= 11 is 0. The van der Waals surface area contributed by atoms with Crippen LogP contribution in [-0.4, -0.2) is 86.4 Å². The van der Waals surface area contributed by atoms with Crippen LogP contribution in [0.5, 0.6) is 5.75 Å². The molecule has 7 heteroatoms. The average molecular weight is 337 g/mol. The average Bonchev–Trinajstić information content (AvgIpc) is 2.64. The van der Waals surface area contributed by atoms with Crippen molar-refractivity contribution in [1.29, 1.82) is 0 Å². The number of ether oxygens (including phenoxy) is 2. The van der Waals surface area contributed by atoms with Gasteiger partial charge in [0.2, 0.25) is 0 Å². The summed E-state index contributed by atoms with van der Waals surface area (Å²) in [5.74, 6) is 0.418. The summed E-state index contributed by atoms with van der Waals surface area (Å²) in [5, 5.41) is 0. The maximum atomic E-state index is 12.8. The van der Waals surface area contributed by atoms with E-state index in [4.69, 9.17) is 9.47 Å². The summed E-state index contributed by atoms with van der Waals surface area (Å²) in [4.78, 5) is 18.5. The number of rotatable bonds is 4. The van der Waals surface area contributed by atoms with Crippen LogP contribution in [0.15, 0.2) is 24.3 Å². The van der Waals surface area contributed by atoms with Crippen molar-refractivity contribution in [2.45, 2.75) is 0 Å². The van der Waals surface area contributed by atoms with Gasteiger partial charge in [0.25, 0.3) is 0 Å². The second-order valence-electron chi connectivity index (χ2n) is 6.01. The molecule has 0 saturated carbocycles. The van der Waals surface area contributed by atoms with Gasteiger partial charge >= 0.3 is 6.03 Å². The monoisotopic (exact) mass is 337 g/mol. The lowest BCUT2D eigenvalue weighted by Crippen LogP contribution is -2.55. The molecule has 24 heavy (non-hydrogen) atoms. The van der Waals surface area contributed by atoms with Gasteiger partial charge in [-0.3, -0.25) is 4.90 Å². The molecule has 2 aliphatic heterocycles. The molecule has 0 aliphatic carbocycles. The zero-order chi connectivity index (χ0) is 16.8. The standard InChI is InChI=1S/C17H24FN3O3/c18-15-1-3-16(4-2-15)24-14-9-19-5-7-20(8-6-19)17(22)21-10-12-23-13-11-21/h1-4H,5-14H2. The topological polar surface area (TPSA) is 45.2 Å². The number of carbonyl (C=O) groups excluding carboxylic acids is 1. The highest BCUT2D eigenvalue weighted by molar-refractivity contribution is 5.74. The molecule has 0 radical (unpaired) electrons. The number of amides is 2. The Morgan fingerprint density at radius 2 is 1.62 bits per heavy atom. The molecule has 1 aromatic rings. The fourth-order valence-corrected chi connectivity index (χ4v) is 2.94. The molecule has 0 bridgehead atoms. The summed E-state index contributed by atoms with van der Waals surface area (Å²) in [5.41, 5.74) is 0. The van der Waals surface area contributed by atoms with Crippen molar-refractivity contribution < 1.29 is 18.7 Å². The molecule has 0 N–H and O–H groups in total. The molecule has 0 atom stereocenters. The molecule has 0 unspecified atom stereocenters. The molecular weight excluding hydrogens is 313 g/mol. The number of carbonyl (C=O) groups is 1. The molecular formula is C17H24FN3O3. The molecule has 6 nitrogen and oxygen atoms in total. The van der Waals surface area contributed by atoms with E-state index in [0.717, 1.165) is 32.7 Å². The van der Waals surface area contributed by atoms with Crippen LogP contribution in [0.4, 0.5) is 9.18 Å². The second-order valence-corrected chi connectivity index (χ2v) is 6.01. The number of nitrogens with zero attached hydrogens (tertiary/aromatic N) is 3. The maximum Gasteiger partial charge on any atom is 0.320 e. The van der Waals surface area contributed by atoms with Gasteiger partial charge in [-0.2, -0.15) is 0 Å². The van der Waals surface area contributed by atoms with E-state index in [2.05, 4.69) is 4.90 Å². The molecule has 0 aromatic heterocycles. The Morgan fingerprint density at radius 1 is 1.00 bits per heavy atom.